The van der Waals surface area contributed by atoms with Crippen LogP contribution < -0.4 is 5.73 Å². The summed E-state index contributed by atoms with van der Waals surface area (Å²) in [6.07, 6.45) is 3.00. The van der Waals surface area contributed by atoms with Crippen LogP contribution in [0.25, 0.3) is 0 Å². The minimum atomic E-state index is -0.864. The molecule has 0 aliphatic heterocycles. The Morgan fingerprint density at radius 3 is 2.71 bits per heavy atom. The Labute approximate surface area is 83.1 Å². The van der Waals surface area contributed by atoms with Gasteiger partial charge in [0, 0.05) is 25.2 Å². The molecule has 0 saturated carbocycles. The average molecular weight is 194 g/mol. The van der Waals surface area contributed by atoms with Crippen molar-refractivity contribution in [3.8, 4) is 0 Å². The number of carbonyl (C=O) groups excluding carboxylic acids is 1. The first-order valence-electron chi connectivity index (χ1n) is 4.28. The number of aromatic nitrogens is 1. The van der Waals surface area contributed by atoms with E-state index >= 15 is 0 Å². The van der Waals surface area contributed by atoms with Crippen LogP contribution in [-0.4, -0.2) is 23.5 Å². The van der Waals surface area contributed by atoms with E-state index in [0.717, 1.165) is 0 Å². The van der Waals surface area contributed by atoms with Gasteiger partial charge in [-0.3, -0.25) is 9.78 Å². The Balaban J connectivity index is 3.07. The van der Waals surface area contributed by atoms with Crippen molar-refractivity contribution in [3.63, 3.8) is 0 Å². The maximum atomic E-state index is 11.9. The molecule has 14 heavy (non-hydrogen) atoms. The summed E-state index contributed by atoms with van der Waals surface area (Å²) in [6, 6.07) is 1.60. The van der Waals surface area contributed by atoms with Gasteiger partial charge >= 0.3 is 0 Å². The van der Waals surface area contributed by atoms with Crippen LogP contribution in [0.3, 0.4) is 0 Å². The molecule has 0 fully saturated rings. The van der Waals surface area contributed by atoms with E-state index in [1.807, 2.05) is 0 Å². The molecule has 1 heterocycles. The molecule has 0 radical (unpaired) electrons. The number of Topliss-reactive ketones (excluding diaryl/α,β-unsaturated/α-hetero) is 1. The van der Waals surface area contributed by atoms with E-state index in [-0.39, 0.29) is 5.78 Å². The number of nitrogens with zero attached hydrogens (tertiary/aromatic N) is 1. The zero-order chi connectivity index (χ0) is 10.8. The number of rotatable bonds is 3. The smallest absolute Gasteiger partial charge is 0.197 e. The van der Waals surface area contributed by atoms with Crippen molar-refractivity contribution in [2.45, 2.75) is 19.4 Å². The molecule has 0 atom stereocenters. The number of hydrogen-bond acceptors (Lipinski definition) is 4. The van der Waals surface area contributed by atoms with E-state index in [4.69, 9.17) is 10.5 Å². The van der Waals surface area contributed by atoms with E-state index in [1.54, 1.807) is 26.1 Å². The van der Waals surface area contributed by atoms with E-state index in [2.05, 4.69) is 4.98 Å². The van der Waals surface area contributed by atoms with Crippen molar-refractivity contribution in [2.24, 2.45) is 0 Å². The number of pyridine rings is 1. The number of ether oxygens (including phenoxy) is 1. The van der Waals surface area contributed by atoms with Crippen molar-refractivity contribution >= 4 is 11.5 Å². The minimum absolute atomic E-state index is 0.161. The molecule has 4 heteroatoms. The zero-order valence-corrected chi connectivity index (χ0v) is 8.57. The summed E-state index contributed by atoms with van der Waals surface area (Å²) in [5, 5.41) is 0. The molecule has 1 aromatic rings. The molecule has 76 valence electrons. The molecule has 0 unspecified atom stereocenters. The van der Waals surface area contributed by atoms with Crippen LogP contribution in [0.1, 0.15) is 24.2 Å². The summed E-state index contributed by atoms with van der Waals surface area (Å²) in [6.45, 7) is 3.39. The fourth-order valence-corrected chi connectivity index (χ4v) is 1.01. The van der Waals surface area contributed by atoms with Crippen LogP contribution in [0, 0.1) is 0 Å². The first-order chi connectivity index (χ1) is 6.49. The van der Waals surface area contributed by atoms with Gasteiger partial charge in [0.05, 0.1) is 5.56 Å². The van der Waals surface area contributed by atoms with Gasteiger partial charge in [-0.1, -0.05) is 0 Å². The molecule has 0 amide bonds. The first kappa shape index (κ1) is 10.7. The Kier molecular flexibility index (Phi) is 2.86. The molecule has 0 aliphatic carbocycles. The predicted molar refractivity (Wildman–Crippen MR) is 54.1 cm³/mol. The van der Waals surface area contributed by atoms with Gasteiger partial charge in [0.1, 0.15) is 5.60 Å². The summed E-state index contributed by atoms with van der Waals surface area (Å²) < 4.78 is 5.08. The van der Waals surface area contributed by atoms with E-state index in [0.29, 0.717) is 11.3 Å². The average Bonchev–Trinajstić information content (AvgIpc) is 2.17. The Hall–Kier alpha value is -1.42. The maximum Gasteiger partial charge on any atom is 0.197 e. The topological polar surface area (TPSA) is 65.2 Å². The van der Waals surface area contributed by atoms with E-state index in [1.165, 1.54) is 13.3 Å². The SMILES string of the molecule is COC(C)(C)C(=O)c1cnccc1N. The van der Waals surface area contributed by atoms with E-state index in [9.17, 15) is 4.79 Å². The molecule has 1 rings (SSSR count). The van der Waals surface area contributed by atoms with Gasteiger partial charge in [0.15, 0.2) is 5.78 Å². The minimum Gasteiger partial charge on any atom is -0.398 e. The highest BCUT2D eigenvalue weighted by Gasteiger charge is 2.29. The lowest BCUT2D eigenvalue weighted by atomic mass is 9.97. The summed E-state index contributed by atoms with van der Waals surface area (Å²) in [5.74, 6) is -0.161. The number of carbonyl (C=O) groups is 1. The quantitative estimate of drug-likeness (QED) is 0.736. The molecule has 1 aromatic heterocycles. The van der Waals surface area contributed by atoms with Gasteiger partial charge < -0.3 is 10.5 Å². The number of ketones is 1. The number of nitrogens with two attached hydrogens (primary N) is 1. The van der Waals surface area contributed by atoms with Gasteiger partial charge in [-0.2, -0.15) is 0 Å². The van der Waals surface area contributed by atoms with Gasteiger partial charge in [-0.05, 0) is 19.9 Å². The van der Waals surface area contributed by atoms with Gasteiger partial charge in [0.2, 0.25) is 0 Å². The van der Waals surface area contributed by atoms with Crippen molar-refractivity contribution < 1.29 is 9.53 Å². The summed E-state index contributed by atoms with van der Waals surface area (Å²) in [4.78, 5) is 15.7. The molecule has 0 aliphatic rings. The number of methoxy groups -OCH3 is 1. The fourth-order valence-electron chi connectivity index (χ4n) is 1.01. The molecular weight excluding hydrogens is 180 g/mol. The largest absolute Gasteiger partial charge is 0.398 e. The number of anilines is 1. The second-order valence-corrected chi connectivity index (χ2v) is 3.51. The Morgan fingerprint density at radius 1 is 1.57 bits per heavy atom. The fraction of sp³-hybridized carbons (Fsp3) is 0.400. The Morgan fingerprint density at radius 2 is 2.21 bits per heavy atom. The Bertz CT molecular complexity index is 348. The van der Waals surface area contributed by atoms with Crippen molar-refractivity contribution in [3.05, 3.63) is 24.0 Å². The molecule has 0 aromatic carbocycles. The van der Waals surface area contributed by atoms with Crippen LogP contribution in [0.4, 0.5) is 5.69 Å². The third-order valence-corrected chi connectivity index (χ3v) is 2.16. The highest BCUT2D eigenvalue weighted by Crippen LogP contribution is 2.19. The lowest BCUT2D eigenvalue weighted by Gasteiger charge is -2.21. The third-order valence-electron chi connectivity index (χ3n) is 2.16. The summed E-state index contributed by atoms with van der Waals surface area (Å²) in [5.41, 5.74) is 5.62. The lowest BCUT2D eigenvalue weighted by Crippen LogP contribution is -2.34. The van der Waals surface area contributed by atoms with Crippen LogP contribution in [-0.2, 0) is 4.74 Å². The number of hydrogen-bond donors (Lipinski definition) is 1. The van der Waals surface area contributed by atoms with Gasteiger partial charge in [0.25, 0.3) is 0 Å². The maximum absolute atomic E-state index is 11.9. The van der Waals surface area contributed by atoms with Crippen molar-refractivity contribution in [1.29, 1.82) is 0 Å². The zero-order valence-electron chi connectivity index (χ0n) is 8.57. The normalized spacial score (nSPS) is 11.4. The summed E-state index contributed by atoms with van der Waals surface area (Å²) in [7, 11) is 1.49. The molecular formula is C10H14N2O2. The molecule has 0 bridgehead atoms. The molecule has 0 spiro atoms. The lowest BCUT2D eigenvalue weighted by molar-refractivity contribution is 0.0228. The van der Waals surface area contributed by atoms with Crippen LogP contribution in [0.15, 0.2) is 18.5 Å². The summed E-state index contributed by atoms with van der Waals surface area (Å²) >= 11 is 0. The highest BCUT2D eigenvalue weighted by molar-refractivity contribution is 6.05. The molecule has 2 N–H and O–H groups in total. The molecule has 4 nitrogen and oxygen atoms in total. The van der Waals surface area contributed by atoms with Crippen molar-refractivity contribution in [2.75, 3.05) is 12.8 Å². The van der Waals surface area contributed by atoms with E-state index < -0.39 is 5.60 Å². The van der Waals surface area contributed by atoms with Crippen LogP contribution >= 0.6 is 0 Å². The second-order valence-electron chi connectivity index (χ2n) is 3.51. The van der Waals surface area contributed by atoms with Crippen molar-refractivity contribution in [1.82, 2.24) is 4.98 Å². The van der Waals surface area contributed by atoms with Crippen LogP contribution in [0.2, 0.25) is 0 Å². The highest BCUT2D eigenvalue weighted by atomic mass is 16.5. The van der Waals surface area contributed by atoms with Crippen LogP contribution in [0.5, 0.6) is 0 Å². The third kappa shape index (κ3) is 1.90. The molecule has 0 saturated heterocycles. The standard InChI is InChI=1S/C10H14N2O2/c1-10(2,14-3)9(13)7-6-12-5-4-8(7)11/h4-6H,1-3H3,(H2,11,12). The second kappa shape index (κ2) is 3.75. The first-order valence-corrected chi connectivity index (χ1v) is 4.28. The van der Waals surface area contributed by atoms with Gasteiger partial charge in [-0.15, -0.1) is 0 Å². The van der Waals surface area contributed by atoms with Gasteiger partial charge in [-0.25, -0.2) is 0 Å². The predicted octanol–water partition coefficient (Wildman–Crippen LogP) is 1.27. The number of nitrogen functional groups attached to an aromatic ring is 1. The monoisotopic (exact) mass is 194 g/mol.